The molecule has 2 amide bonds. The van der Waals surface area contributed by atoms with Crippen LogP contribution in [0.4, 0.5) is 13.6 Å². The van der Waals surface area contributed by atoms with Crippen molar-refractivity contribution in [1.82, 2.24) is 10.6 Å². The number of nitrogens with one attached hydrogen (secondary N) is 2. The molecule has 0 spiro atoms. The molecule has 0 saturated carbocycles. The van der Waals surface area contributed by atoms with Gasteiger partial charge >= 0.3 is 12.0 Å². The average molecular weight is 318 g/mol. The van der Waals surface area contributed by atoms with Gasteiger partial charge < -0.3 is 15.7 Å². The Bertz CT molecular complexity index is 514. The van der Waals surface area contributed by atoms with Gasteiger partial charge in [-0.25, -0.2) is 18.4 Å². The van der Waals surface area contributed by atoms with E-state index in [1.54, 1.807) is 0 Å². The lowest BCUT2D eigenvalue weighted by Gasteiger charge is -2.14. The summed E-state index contributed by atoms with van der Waals surface area (Å²) in [6.45, 7) is -0.160. The van der Waals surface area contributed by atoms with E-state index in [0.717, 1.165) is 6.07 Å². The van der Waals surface area contributed by atoms with Crippen LogP contribution < -0.4 is 10.6 Å². The van der Waals surface area contributed by atoms with E-state index in [0.29, 0.717) is 11.8 Å². The molecule has 1 atom stereocenters. The van der Waals surface area contributed by atoms with Crippen LogP contribution in [0.2, 0.25) is 0 Å². The number of carboxylic acid groups (broad SMARTS) is 1. The third-order valence-corrected chi connectivity index (χ3v) is 3.31. The zero-order valence-corrected chi connectivity index (χ0v) is 12.2. The summed E-state index contributed by atoms with van der Waals surface area (Å²) < 4.78 is 26.1. The Morgan fingerprint density at radius 1 is 1.38 bits per heavy atom. The van der Waals surface area contributed by atoms with Crippen LogP contribution in [0.15, 0.2) is 18.2 Å². The molecule has 0 aliphatic heterocycles. The molecule has 116 valence electrons. The molecule has 3 N–H and O–H groups in total. The van der Waals surface area contributed by atoms with Gasteiger partial charge in [0.1, 0.15) is 17.7 Å². The number of carbonyl (C=O) groups is 2. The number of carboxylic acids is 1. The fourth-order valence-electron chi connectivity index (χ4n) is 1.54. The molecule has 0 radical (unpaired) electrons. The molecule has 0 heterocycles. The number of halogens is 2. The first-order chi connectivity index (χ1) is 9.93. The summed E-state index contributed by atoms with van der Waals surface area (Å²) in [5.41, 5.74) is 0.113. The zero-order chi connectivity index (χ0) is 15.8. The number of urea groups is 1. The largest absolute Gasteiger partial charge is 0.480 e. The minimum Gasteiger partial charge on any atom is -0.480 e. The molecule has 1 rings (SSSR count). The summed E-state index contributed by atoms with van der Waals surface area (Å²) in [6, 6.07) is 1.29. The van der Waals surface area contributed by atoms with Crippen molar-refractivity contribution in [2.45, 2.75) is 19.0 Å². The number of hydrogen-bond acceptors (Lipinski definition) is 3. The highest BCUT2D eigenvalue weighted by Gasteiger charge is 2.19. The van der Waals surface area contributed by atoms with E-state index in [-0.39, 0.29) is 18.5 Å². The highest BCUT2D eigenvalue weighted by molar-refractivity contribution is 7.98. The number of amides is 2. The van der Waals surface area contributed by atoms with Crippen LogP contribution in [0, 0.1) is 11.6 Å². The van der Waals surface area contributed by atoms with Gasteiger partial charge in [-0.3, -0.25) is 0 Å². The van der Waals surface area contributed by atoms with Gasteiger partial charge in [0, 0.05) is 18.2 Å². The first kappa shape index (κ1) is 17.2. The third-order valence-electron chi connectivity index (χ3n) is 2.67. The van der Waals surface area contributed by atoms with E-state index in [2.05, 4.69) is 10.6 Å². The van der Waals surface area contributed by atoms with Crippen LogP contribution >= 0.6 is 11.8 Å². The number of rotatable bonds is 7. The van der Waals surface area contributed by atoms with E-state index in [9.17, 15) is 18.4 Å². The van der Waals surface area contributed by atoms with Gasteiger partial charge in [0.25, 0.3) is 0 Å². The van der Waals surface area contributed by atoms with Gasteiger partial charge in [-0.15, -0.1) is 0 Å². The molecular weight excluding hydrogens is 302 g/mol. The van der Waals surface area contributed by atoms with Crippen LogP contribution in [0.3, 0.4) is 0 Å². The molecule has 0 aliphatic rings. The minimum absolute atomic E-state index is 0.113. The van der Waals surface area contributed by atoms with Crippen LogP contribution in [0.25, 0.3) is 0 Å². The van der Waals surface area contributed by atoms with Crippen molar-refractivity contribution in [3.8, 4) is 0 Å². The fourth-order valence-corrected chi connectivity index (χ4v) is 2.01. The van der Waals surface area contributed by atoms with Gasteiger partial charge in [-0.05, 0) is 24.5 Å². The Morgan fingerprint density at radius 3 is 2.67 bits per heavy atom. The predicted molar refractivity (Wildman–Crippen MR) is 76.2 cm³/mol. The van der Waals surface area contributed by atoms with Crippen LogP contribution in [0.5, 0.6) is 0 Å². The normalized spacial score (nSPS) is 11.8. The SMILES string of the molecule is CSCCC(NC(=O)NCc1ccc(F)cc1F)C(=O)O. The first-order valence-electron chi connectivity index (χ1n) is 6.14. The Hall–Kier alpha value is -1.83. The number of benzene rings is 1. The smallest absolute Gasteiger partial charge is 0.326 e. The second kappa shape index (κ2) is 8.46. The van der Waals surface area contributed by atoms with Gasteiger partial charge in [0.15, 0.2) is 0 Å². The quantitative estimate of drug-likeness (QED) is 0.718. The van der Waals surface area contributed by atoms with Crippen LogP contribution in [0.1, 0.15) is 12.0 Å². The van der Waals surface area contributed by atoms with Crippen molar-refractivity contribution in [2.24, 2.45) is 0 Å². The maximum atomic E-state index is 13.3. The van der Waals surface area contributed by atoms with Crippen molar-refractivity contribution in [3.63, 3.8) is 0 Å². The number of carbonyl (C=O) groups excluding carboxylic acids is 1. The lowest BCUT2D eigenvalue weighted by atomic mass is 10.2. The van der Waals surface area contributed by atoms with Crippen LogP contribution in [-0.2, 0) is 11.3 Å². The molecule has 0 saturated heterocycles. The number of thioether (sulfide) groups is 1. The van der Waals surface area contributed by atoms with E-state index >= 15 is 0 Å². The van der Waals surface area contributed by atoms with Gasteiger partial charge in [-0.2, -0.15) is 11.8 Å². The lowest BCUT2D eigenvalue weighted by molar-refractivity contribution is -0.139. The summed E-state index contributed by atoms with van der Waals surface area (Å²) in [5, 5.41) is 13.6. The van der Waals surface area contributed by atoms with Crippen LogP contribution in [-0.4, -0.2) is 35.2 Å². The average Bonchev–Trinajstić information content (AvgIpc) is 2.42. The number of hydrogen-bond donors (Lipinski definition) is 3. The Balaban J connectivity index is 2.50. The summed E-state index contributed by atoms with van der Waals surface area (Å²) in [7, 11) is 0. The first-order valence-corrected chi connectivity index (χ1v) is 7.53. The maximum absolute atomic E-state index is 13.3. The molecule has 1 aromatic carbocycles. The summed E-state index contributed by atoms with van der Waals surface area (Å²) in [5.74, 6) is -2.02. The maximum Gasteiger partial charge on any atom is 0.326 e. The highest BCUT2D eigenvalue weighted by atomic mass is 32.2. The van der Waals surface area contributed by atoms with Crippen molar-refractivity contribution in [3.05, 3.63) is 35.4 Å². The topological polar surface area (TPSA) is 78.4 Å². The van der Waals surface area contributed by atoms with E-state index in [4.69, 9.17) is 5.11 Å². The highest BCUT2D eigenvalue weighted by Crippen LogP contribution is 2.09. The van der Waals surface area contributed by atoms with Crippen molar-refractivity contribution in [2.75, 3.05) is 12.0 Å². The second-order valence-corrected chi connectivity index (χ2v) is 5.22. The molecule has 0 bridgehead atoms. The Labute approximate surface area is 125 Å². The van der Waals surface area contributed by atoms with Gasteiger partial charge in [0.05, 0.1) is 0 Å². The molecular formula is C13H16F2N2O3S. The summed E-state index contributed by atoms with van der Waals surface area (Å²) in [6.07, 6.45) is 2.12. The lowest BCUT2D eigenvalue weighted by Crippen LogP contribution is -2.46. The molecule has 0 aromatic heterocycles. The minimum atomic E-state index is -1.13. The molecule has 1 aromatic rings. The Kier molecular flexibility index (Phi) is 6.93. The predicted octanol–water partition coefficient (Wildman–Crippen LogP) is 1.97. The zero-order valence-electron chi connectivity index (χ0n) is 11.4. The number of aliphatic carboxylic acids is 1. The molecule has 5 nitrogen and oxygen atoms in total. The standard InChI is InChI=1S/C13H16F2N2O3S/c1-21-5-4-11(12(18)19)17-13(20)16-7-8-2-3-9(14)6-10(8)15/h2-3,6,11H,4-5,7H2,1H3,(H,18,19)(H2,16,17,20). The molecule has 0 fully saturated rings. The van der Waals surface area contributed by atoms with Crippen molar-refractivity contribution >= 4 is 23.8 Å². The summed E-state index contributed by atoms with van der Waals surface area (Å²) >= 11 is 1.47. The Morgan fingerprint density at radius 2 is 2.10 bits per heavy atom. The molecule has 0 aliphatic carbocycles. The molecule has 1 unspecified atom stereocenters. The van der Waals surface area contributed by atoms with E-state index in [1.165, 1.54) is 17.8 Å². The monoisotopic (exact) mass is 318 g/mol. The van der Waals surface area contributed by atoms with Crippen molar-refractivity contribution < 1.29 is 23.5 Å². The van der Waals surface area contributed by atoms with E-state index in [1.807, 2.05) is 6.26 Å². The summed E-state index contributed by atoms with van der Waals surface area (Å²) in [4.78, 5) is 22.5. The molecule has 21 heavy (non-hydrogen) atoms. The van der Waals surface area contributed by atoms with Crippen molar-refractivity contribution in [1.29, 1.82) is 0 Å². The molecule has 8 heteroatoms. The van der Waals surface area contributed by atoms with E-state index < -0.39 is 29.7 Å². The second-order valence-electron chi connectivity index (χ2n) is 4.24. The van der Waals surface area contributed by atoms with Gasteiger partial charge in [0.2, 0.25) is 0 Å². The third kappa shape index (κ3) is 5.99. The fraction of sp³-hybridized carbons (Fsp3) is 0.385. The van der Waals surface area contributed by atoms with Gasteiger partial charge in [-0.1, -0.05) is 6.07 Å².